The number of nitrogens with zero attached hydrogens (tertiary/aromatic N) is 4. The van der Waals surface area contributed by atoms with Gasteiger partial charge in [-0.2, -0.15) is 0 Å². The van der Waals surface area contributed by atoms with Gasteiger partial charge in [-0.15, -0.1) is 0 Å². The van der Waals surface area contributed by atoms with Crippen molar-refractivity contribution in [3.63, 3.8) is 0 Å². The molecule has 0 aromatic carbocycles. The molecule has 4 rings (SSSR count). The van der Waals surface area contributed by atoms with E-state index in [-0.39, 0.29) is 18.0 Å². The number of hydrogen-bond donors (Lipinski definition) is 2. The van der Waals surface area contributed by atoms with Crippen molar-refractivity contribution in [2.75, 3.05) is 25.0 Å². The summed E-state index contributed by atoms with van der Waals surface area (Å²) in [5.74, 6) is 1.53. The number of rotatable bonds is 6. The fraction of sp³-hybridized carbons (Fsp3) is 0.500. The number of guanidine groups is 1. The van der Waals surface area contributed by atoms with E-state index in [0.29, 0.717) is 30.7 Å². The minimum atomic E-state index is -0.285. The largest absolute Gasteiger partial charge is 0.474 e. The second-order valence-electron chi connectivity index (χ2n) is 7.80. The molecule has 1 unspecified atom stereocenters. The molecule has 8 heteroatoms. The minimum Gasteiger partial charge on any atom is -0.474 e. The predicted octanol–water partition coefficient (Wildman–Crippen LogP) is 2.88. The molecular formula is C22H29FN6O. The molecule has 2 aromatic rings. The van der Waals surface area contributed by atoms with E-state index in [0.717, 1.165) is 31.4 Å². The summed E-state index contributed by atoms with van der Waals surface area (Å²) in [4.78, 5) is 14.9. The van der Waals surface area contributed by atoms with Crippen LogP contribution in [-0.2, 0) is 6.54 Å². The SMILES string of the molecule is CN=C(NCc1cccnc1OC1CCCC1)NC1CCN(c2ncccc2F)C1. The molecule has 1 saturated carbocycles. The lowest BCUT2D eigenvalue weighted by Crippen LogP contribution is -2.44. The van der Waals surface area contributed by atoms with Crippen molar-refractivity contribution in [2.24, 2.45) is 4.99 Å². The summed E-state index contributed by atoms with van der Waals surface area (Å²) >= 11 is 0. The first-order valence-electron chi connectivity index (χ1n) is 10.7. The lowest BCUT2D eigenvalue weighted by atomic mass is 10.2. The van der Waals surface area contributed by atoms with Gasteiger partial charge in [-0.3, -0.25) is 4.99 Å². The molecule has 1 atom stereocenters. The molecule has 0 spiro atoms. The van der Waals surface area contributed by atoms with Crippen molar-refractivity contribution in [1.82, 2.24) is 20.6 Å². The zero-order chi connectivity index (χ0) is 20.8. The highest BCUT2D eigenvalue weighted by molar-refractivity contribution is 5.80. The van der Waals surface area contributed by atoms with Gasteiger partial charge in [0.2, 0.25) is 5.88 Å². The zero-order valence-electron chi connectivity index (χ0n) is 17.4. The minimum absolute atomic E-state index is 0.167. The van der Waals surface area contributed by atoms with E-state index in [1.165, 1.54) is 18.9 Å². The molecule has 2 N–H and O–H groups in total. The summed E-state index contributed by atoms with van der Waals surface area (Å²) < 4.78 is 20.1. The van der Waals surface area contributed by atoms with E-state index < -0.39 is 0 Å². The maximum absolute atomic E-state index is 14.0. The van der Waals surface area contributed by atoms with E-state index in [9.17, 15) is 4.39 Å². The summed E-state index contributed by atoms with van der Waals surface area (Å²) in [6.07, 6.45) is 9.20. The van der Waals surface area contributed by atoms with Crippen molar-refractivity contribution in [3.8, 4) is 5.88 Å². The van der Waals surface area contributed by atoms with Gasteiger partial charge >= 0.3 is 0 Å². The van der Waals surface area contributed by atoms with Gasteiger partial charge < -0.3 is 20.3 Å². The Morgan fingerprint density at radius 3 is 2.80 bits per heavy atom. The van der Waals surface area contributed by atoms with Crippen LogP contribution in [0.3, 0.4) is 0 Å². The molecule has 2 aliphatic rings. The number of aromatic nitrogens is 2. The average Bonchev–Trinajstić information content (AvgIpc) is 3.44. The van der Waals surface area contributed by atoms with Crippen molar-refractivity contribution in [1.29, 1.82) is 0 Å². The molecule has 2 aromatic heterocycles. The van der Waals surface area contributed by atoms with Gasteiger partial charge in [0.1, 0.15) is 6.10 Å². The van der Waals surface area contributed by atoms with Crippen LogP contribution < -0.4 is 20.3 Å². The number of pyridine rings is 2. The van der Waals surface area contributed by atoms with E-state index in [1.807, 2.05) is 17.0 Å². The number of ether oxygens (including phenoxy) is 1. The van der Waals surface area contributed by atoms with Crippen LogP contribution in [0.5, 0.6) is 5.88 Å². The molecule has 1 saturated heterocycles. The molecule has 1 aliphatic heterocycles. The van der Waals surface area contributed by atoms with Crippen molar-refractivity contribution in [3.05, 3.63) is 48.0 Å². The van der Waals surface area contributed by atoms with Crippen molar-refractivity contribution in [2.45, 2.75) is 50.8 Å². The van der Waals surface area contributed by atoms with Gasteiger partial charge in [0.05, 0.1) is 0 Å². The normalized spacial score (nSPS) is 19.9. The second kappa shape index (κ2) is 9.73. The molecule has 1 aliphatic carbocycles. The molecule has 2 fully saturated rings. The Morgan fingerprint density at radius 1 is 1.20 bits per heavy atom. The van der Waals surface area contributed by atoms with Crippen LogP contribution in [0.2, 0.25) is 0 Å². The lowest BCUT2D eigenvalue weighted by Gasteiger charge is -2.20. The zero-order valence-corrected chi connectivity index (χ0v) is 17.4. The number of hydrogen-bond acceptors (Lipinski definition) is 5. The highest BCUT2D eigenvalue weighted by atomic mass is 19.1. The first kappa shape index (κ1) is 20.4. The molecule has 0 bridgehead atoms. The Bertz CT molecular complexity index is 870. The van der Waals surface area contributed by atoms with Crippen LogP contribution in [0.4, 0.5) is 10.2 Å². The van der Waals surface area contributed by atoms with Gasteiger partial charge in [-0.1, -0.05) is 6.07 Å². The summed E-state index contributed by atoms with van der Waals surface area (Å²) in [6, 6.07) is 7.17. The second-order valence-corrected chi connectivity index (χ2v) is 7.80. The summed E-state index contributed by atoms with van der Waals surface area (Å²) in [5.41, 5.74) is 1.01. The van der Waals surface area contributed by atoms with Gasteiger partial charge in [-0.05, 0) is 50.3 Å². The average molecular weight is 413 g/mol. The molecular weight excluding hydrogens is 383 g/mol. The number of nitrogens with one attached hydrogen (secondary N) is 2. The number of halogens is 1. The van der Waals surface area contributed by atoms with Gasteiger partial charge in [0.15, 0.2) is 17.6 Å². The van der Waals surface area contributed by atoms with Crippen LogP contribution in [0.25, 0.3) is 0 Å². The fourth-order valence-electron chi connectivity index (χ4n) is 4.08. The van der Waals surface area contributed by atoms with Gasteiger partial charge in [0, 0.05) is 50.7 Å². The Balaban J connectivity index is 1.31. The Hall–Kier alpha value is -2.90. The fourth-order valence-corrected chi connectivity index (χ4v) is 4.08. The summed E-state index contributed by atoms with van der Waals surface area (Å²) in [6.45, 7) is 2.00. The predicted molar refractivity (Wildman–Crippen MR) is 115 cm³/mol. The van der Waals surface area contributed by atoms with Gasteiger partial charge in [-0.25, -0.2) is 14.4 Å². The molecule has 3 heterocycles. The van der Waals surface area contributed by atoms with Crippen molar-refractivity contribution >= 4 is 11.8 Å². The maximum Gasteiger partial charge on any atom is 0.218 e. The van der Waals surface area contributed by atoms with Crippen molar-refractivity contribution < 1.29 is 9.13 Å². The smallest absolute Gasteiger partial charge is 0.218 e. The quantitative estimate of drug-likeness (QED) is 0.561. The highest BCUT2D eigenvalue weighted by Crippen LogP contribution is 2.25. The first-order valence-corrected chi connectivity index (χ1v) is 10.7. The number of aliphatic imine (C=N–C) groups is 1. The maximum atomic E-state index is 14.0. The Kier molecular flexibility index (Phi) is 6.61. The Labute approximate surface area is 176 Å². The number of anilines is 1. The van der Waals surface area contributed by atoms with E-state index in [4.69, 9.17) is 4.74 Å². The molecule has 0 radical (unpaired) electrons. The monoisotopic (exact) mass is 412 g/mol. The van der Waals surface area contributed by atoms with E-state index in [1.54, 1.807) is 25.5 Å². The third-order valence-electron chi connectivity index (χ3n) is 5.67. The first-order chi connectivity index (χ1) is 14.7. The summed E-state index contributed by atoms with van der Waals surface area (Å²) in [5, 5.41) is 6.79. The van der Waals surface area contributed by atoms with Crippen LogP contribution in [0.15, 0.2) is 41.7 Å². The topological polar surface area (TPSA) is 74.7 Å². The lowest BCUT2D eigenvalue weighted by molar-refractivity contribution is 0.199. The van der Waals surface area contributed by atoms with Crippen LogP contribution in [0, 0.1) is 5.82 Å². The van der Waals surface area contributed by atoms with E-state index >= 15 is 0 Å². The molecule has 0 amide bonds. The van der Waals surface area contributed by atoms with Crippen LogP contribution in [-0.4, -0.2) is 48.2 Å². The molecule has 7 nitrogen and oxygen atoms in total. The third-order valence-corrected chi connectivity index (χ3v) is 5.67. The molecule has 160 valence electrons. The van der Waals surface area contributed by atoms with Gasteiger partial charge in [0.25, 0.3) is 0 Å². The third kappa shape index (κ3) is 4.98. The van der Waals surface area contributed by atoms with Crippen LogP contribution >= 0.6 is 0 Å². The standard InChI is InChI=1S/C22H29FN6O/c1-24-22(28-17-10-13-29(15-17)20-19(23)9-5-11-25-20)27-14-16-6-4-12-26-21(16)30-18-7-2-3-8-18/h4-6,9,11-12,17-18H,2-3,7-8,10,13-15H2,1H3,(H2,24,27,28). The molecule has 30 heavy (non-hydrogen) atoms. The van der Waals surface area contributed by atoms with Crippen LogP contribution in [0.1, 0.15) is 37.7 Å². The Morgan fingerprint density at radius 2 is 2.00 bits per heavy atom. The highest BCUT2D eigenvalue weighted by Gasteiger charge is 2.26. The van der Waals surface area contributed by atoms with E-state index in [2.05, 4.69) is 25.6 Å². The summed E-state index contributed by atoms with van der Waals surface area (Å²) in [7, 11) is 1.75.